The molecule has 152 valence electrons. The van der Waals surface area contributed by atoms with E-state index in [1.165, 1.54) is 6.92 Å². The third-order valence-corrected chi connectivity index (χ3v) is 4.98. The Bertz CT molecular complexity index is 959. The fraction of sp³-hybridized carbons (Fsp3) is 0.318. The normalized spacial score (nSPS) is 18.5. The maximum absolute atomic E-state index is 11.1. The third kappa shape index (κ3) is 5.35. The highest BCUT2D eigenvalue weighted by Crippen LogP contribution is 2.27. The molecule has 3 aromatic rings. The van der Waals surface area contributed by atoms with E-state index >= 15 is 0 Å². The number of anilines is 3. The first kappa shape index (κ1) is 20.9. The summed E-state index contributed by atoms with van der Waals surface area (Å²) in [4.78, 5) is 20.6. The molecule has 0 amide bonds. The van der Waals surface area contributed by atoms with Gasteiger partial charge in [0.05, 0.1) is 5.52 Å². The molecule has 1 saturated carbocycles. The van der Waals surface area contributed by atoms with Crippen molar-refractivity contribution in [2.45, 2.75) is 44.8 Å². The number of halogens is 1. The molecule has 1 aliphatic rings. The standard InChI is InChI=1S/C22H24N4O2.ClH/c1-15(27)28-18-13-11-17(12-14-18)24-22-25-20-10-6-5-9-19(20)21(26-22)23-16-7-3-2-4-8-16;/h2-10,17-18H,11-14H2,1H3,(H2,23,24,25,26);1H. The van der Waals surface area contributed by atoms with Crippen LogP contribution in [0, 0.1) is 0 Å². The van der Waals surface area contributed by atoms with Gasteiger partial charge in [0, 0.05) is 24.0 Å². The minimum absolute atomic E-state index is 0. The number of aromatic nitrogens is 2. The number of benzene rings is 2. The number of hydrogen-bond donors (Lipinski definition) is 2. The van der Waals surface area contributed by atoms with Crippen LogP contribution in [0.15, 0.2) is 54.6 Å². The first-order valence-electron chi connectivity index (χ1n) is 9.70. The van der Waals surface area contributed by atoms with Gasteiger partial charge in [0.25, 0.3) is 0 Å². The average molecular weight is 413 g/mol. The molecule has 0 radical (unpaired) electrons. The van der Waals surface area contributed by atoms with Gasteiger partial charge in [-0.2, -0.15) is 4.98 Å². The molecule has 1 aromatic heterocycles. The van der Waals surface area contributed by atoms with Gasteiger partial charge in [-0.25, -0.2) is 4.98 Å². The van der Waals surface area contributed by atoms with Gasteiger partial charge < -0.3 is 15.4 Å². The second-order valence-electron chi connectivity index (χ2n) is 7.13. The molecule has 1 heterocycles. The van der Waals surface area contributed by atoms with Crippen molar-refractivity contribution in [2.75, 3.05) is 10.6 Å². The van der Waals surface area contributed by atoms with Crippen molar-refractivity contribution in [3.05, 3.63) is 54.6 Å². The fourth-order valence-corrected chi connectivity index (χ4v) is 3.64. The number of nitrogens with zero attached hydrogens (tertiary/aromatic N) is 2. The van der Waals surface area contributed by atoms with Crippen LogP contribution in [0.1, 0.15) is 32.6 Å². The second-order valence-corrected chi connectivity index (χ2v) is 7.13. The summed E-state index contributed by atoms with van der Waals surface area (Å²) in [7, 11) is 0. The number of nitrogens with one attached hydrogen (secondary N) is 2. The largest absolute Gasteiger partial charge is 0.463 e. The van der Waals surface area contributed by atoms with Gasteiger partial charge in [-0.1, -0.05) is 30.3 Å². The molecule has 29 heavy (non-hydrogen) atoms. The lowest BCUT2D eigenvalue weighted by molar-refractivity contribution is -0.147. The third-order valence-electron chi connectivity index (χ3n) is 4.98. The molecule has 1 fully saturated rings. The van der Waals surface area contributed by atoms with E-state index in [0.717, 1.165) is 48.1 Å². The Morgan fingerprint density at radius 3 is 2.38 bits per heavy atom. The molecule has 0 aliphatic heterocycles. The van der Waals surface area contributed by atoms with E-state index in [0.29, 0.717) is 5.95 Å². The zero-order valence-electron chi connectivity index (χ0n) is 16.3. The molecule has 2 N–H and O–H groups in total. The molecule has 0 bridgehead atoms. The van der Waals surface area contributed by atoms with Crippen LogP contribution in [0.3, 0.4) is 0 Å². The van der Waals surface area contributed by atoms with Crippen LogP contribution in [-0.2, 0) is 9.53 Å². The number of carbonyl (C=O) groups is 1. The Morgan fingerprint density at radius 1 is 0.966 bits per heavy atom. The molecule has 1 aliphatic carbocycles. The quantitative estimate of drug-likeness (QED) is 0.569. The number of ether oxygens (including phenoxy) is 1. The molecule has 7 heteroatoms. The summed E-state index contributed by atoms with van der Waals surface area (Å²) in [5, 5.41) is 7.86. The summed E-state index contributed by atoms with van der Waals surface area (Å²) in [5.74, 6) is 1.20. The van der Waals surface area contributed by atoms with Crippen LogP contribution in [-0.4, -0.2) is 28.1 Å². The lowest BCUT2D eigenvalue weighted by Crippen LogP contribution is -2.31. The van der Waals surface area contributed by atoms with Gasteiger partial charge in [-0.05, 0) is 49.9 Å². The summed E-state index contributed by atoms with van der Waals surface area (Å²) >= 11 is 0. The van der Waals surface area contributed by atoms with Crippen LogP contribution in [0.25, 0.3) is 10.9 Å². The molecule has 0 spiro atoms. The summed E-state index contributed by atoms with van der Waals surface area (Å²) in [6.45, 7) is 1.47. The van der Waals surface area contributed by atoms with Gasteiger partial charge in [0.1, 0.15) is 11.9 Å². The Hall–Kier alpha value is -2.86. The predicted octanol–water partition coefficient (Wildman–Crippen LogP) is 5.08. The highest BCUT2D eigenvalue weighted by molar-refractivity contribution is 5.91. The van der Waals surface area contributed by atoms with Crippen molar-refractivity contribution in [3.63, 3.8) is 0 Å². The Morgan fingerprint density at radius 2 is 1.66 bits per heavy atom. The van der Waals surface area contributed by atoms with E-state index < -0.39 is 0 Å². The Kier molecular flexibility index (Phi) is 6.88. The van der Waals surface area contributed by atoms with Gasteiger partial charge in [-0.15, -0.1) is 12.4 Å². The highest BCUT2D eigenvalue weighted by Gasteiger charge is 2.23. The lowest BCUT2D eigenvalue weighted by Gasteiger charge is -2.28. The van der Waals surface area contributed by atoms with Crippen molar-refractivity contribution >= 4 is 46.7 Å². The zero-order valence-corrected chi connectivity index (χ0v) is 17.1. The lowest BCUT2D eigenvalue weighted by atomic mass is 9.93. The molecule has 6 nitrogen and oxygen atoms in total. The van der Waals surface area contributed by atoms with Crippen LogP contribution in [0.2, 0.25) is 0 Å². The molecule has 0 unspecified atom stereocenters. The van der Waals surface area contributed by atoms with Crippen LogP contribution < -0.4 is 10.6 Å². The minimum atomic E-state index is -0.203. The van der Waals surface area contributed by atoms with Crippen molar-refractivity contribution in [1.29, 1.82) is 0 Å². The van der Waals surface area contributed by atoms with Gasteiger partial charge in [0.15, 0.2) is 0 Å². The maximum Gasteiger partial charge on any atom is 0.302 e. The molecular formula is C22H25ClN4O2. The van der Waals surface area contributed by atoms with Crippen LogP contribution in [0.4, 0.5) is 17.5 Å². The van der Waals surface area contributed by atoms with Crippen molar-refractivity contribution in [3.8, 4) is 0 Å². The predicted molar refractivity (Wildman–Crippen MR) is 118 cm³/mol. The number of rotatable bonds is 5. The number of carbonyl (C=O) groups excluding carboxylic acids is 1. The number of para-hydroxylation sites is 2. The second kappa shape index (κ2) is 9.56. The highest BCUT2D eigenvalue weighted by atomic mass is 35.5. The van der Waals surface area contributed by atoms with E-state index in [2.05, 4.69) is 10.6 Å². The van der Waals surface area contributed by atoms with E-state index in [9.17, 15) is 4.79 Å². The van der Waals surface area contributed by atoms with E-state index in [1.54, 1.807) is 0 Å². The first-order valence-corrected chi connectivity index (χ1v) is 9.70. The fourth-order valence-electron chi connectivity index (χ4n) is 3.64. The van der Waals surface area contributed by atoms with E-state index in [4.69, 9.17) is 14.7 Å². The van der Waals surface area contributed by atoms with Crippen LogP contribution >= 0.6 is 12.4 Å². The van der Waals surface area contributed by atoms with Gasteiger partial charge >= 0.3 is 5.97 Å². The maximum atomic E-state index is 11.1. The van der Waals surface area contributed by atoms with Crippen molar-refractivity contribution < 1.29 is 9.53 Å². The summed E-state index contributed by atoms with van der Waals surface area (Å²) in [5.41, 5.74) is 1.88. The molecular weight excluding hydrogens is 388 g/mol. The smallest absolute Gasteiger partial charge is 0.302 e. The summed E-state index contributed by atoms with van der Waals surface area (Å²) < 4.78 is 5.32. The van der Waals surface area contributed by atoms with Gasteiger partial charge in [-0.3, -0.25) is 4.79 Å². The topological polar surface area (TPSA) is 76.1 Å². The van der Waals surface area contributed by atoms with Crippen molar-refractivity contribution in [2.24, 2.45) is 0 Å². The average Bonchev–Trinajstić information content (AvgIpc) is 2.70. The summed E-state index contributed by atoms with van der Waals surface area (Å²) in [6.07, 6.45) is 3.61. The van der Waals surface area contributed by atoms with Crippen LogP contribution in [0.5, 0.6) is 0 Å². The number of fused-ring (bicyclic) bond motifs is 1. The van der Waals surface area contributed by atoms with Crippen molar-refractivity contribution in [1.82, 2.24) is 9.97 Å². The summed E-state index contributed by atoms with van der Waals surface area (Å²) in [6, 6.07) is 18.3. The molecule has 0 atom stereocenters. The molecule has 2 aromatic carbocycles. The number of esters is 1. The minimum Gasteiger partial charge on any atom is -0.463 e. The van der Waals surface area contributed by atoms with Gasteiger partial charge in [0.2, 0.25) is 5.95 Å². The van der Waals surface area contributed by atoms with E-state index in [-0.39, 0.29) is 30.5 Å². The SMILES string of the molecule is CC(=O)OC1CCC(Nc2nc(Nc3ccccc3)c3ccccc3n2)CC1.Cl. The molecule has 0 saturated heterocycles. The Balaban J connectivity index is 0.00000240. The number of hydrogen-bond acceptors (Lipinski definition) is 6. The molecule has 4 rings (SSSR count). The zero-order chi connectivity index (χ0) is 19.3. The monoisotopic (exact) mass is 412 g/mol. The van der Waals surface area contributed by atoms with E-state index in [1.807, 2.05) is 54.6 Å². The first-order chi connectivity index (χ1) is 13.7. The Labute approximate surface area is 176 Å².